The van der Waals surface area contributed by atoms with E-state index in [4.69, 9.17) is 4.74 Å². The zero-order valence-corrected chi connectivity index (χ0v) is 10.8. The zero-order valence-electron chi connectivity index (χ0n) is 10.8. The van der Waals surface area contributed by atoms with Crippen LogP contribution in [0.3, 0.4) is 0 Å². The molecule has 0 aliphatic rings. The van der Waals surface area contributed by atoms with Gasteiger partial charge in [-0.3, -0.25) is 4.79 Å². The SMILES string of the molecule is COCCCNC(=O)c1ccc(C)c(C(F)(F)F)c1. The van der Waals surface area contributed by atoms with Gasteiger partial charge in [0.2, 0.25) is 0 Å². The van der Waals surface area contributed by atoms with Crippen molar-refractivity contribution < 1.29 is 22.7 Å². The number of rotatable bonds is 5. The van der Waals surface area contributed by atoms with E-state index in [2.05, 4.69) is 5.32 Å². The van der Waals surface area contributed by atoms with E-state index in [1.165, 1.54) is 26.2 Å². The van der Waals surface area contributed by atoms with E-state index < -0.39 is 17.6 Å². The third kappa shape index (κ3) is 4.55. The molecule has 0 fully saturated rings. The topological polar surface area (TPSA) is 38.3 Å². The monoisotopic (exact) mass is 275 g/mol. The number of hydrogen-bond donors (Lipinski definition) is 1. The van der Waals surface area contributed by atoms with E-state index in [9.17, 15) is 18.0 Å². The minimum Gasteiger partial charge on any atom is -0.385 e. The van der Waals surface area contributed by atoms with Crippen LogP contribution in [-0.4, -0.2) is 26.2 Å². The maximum absolute atomic E-state index is 12.7. The van der Waals surface area contributed by atoms with Crippen molar-refractivity contribution in [3.63, 3.8) is 0 Å². The molecule has 0 heterocycles. The second-order valence-electron chi connectivity index (χ2n) is 4.13. The summed E-state index contributed by atoms with van der Waals surface area (Å²) in [5.74, 6) is -0.512. The Hall–Kier alpha value is -1.56. The van der Waals surface area contributed by atoms with E-state index in [0.29, 0.717) is 19.6 Å². The fraction of sp³-hybridized carbons (Fsp3) is 0.462. The van der Waals surface area contributed by atoms with E-state index in [0.717, 1.165) is 6.07 Å². The molecule has 0 atom stereocenters. The van der Waals surface area contributed by atoms with Gasteiger partial charge < -0.3 is 10.1 Å². The molecule has 0 saturated heterocycles. The number of carbonyl (C=O) groups excluding carboxylic acids is 1. The molecular formula is C13H16F3NO2. The van der Waals surface area contributed by atoms with Crippen molar-refractivity contribution in [3.8, 4) is 0 Å². The molecule has 0 spiro atoms. The van der Waals surface area contributed by atoms with Crippen LogP contribution in [0.4, 0.5) is 13.2 Å². The highest BCUT2D eigenvalue weighted by atomic mass is 19.4. The second kappa shape index (κ2) is 6.56. The maximum atomic E-state index is 12.7. The lowest BCUT2D eigenvalue weighted by molar-refractivity contribution is -0.138. The molecule has 0 radical (unpaired) electrons. The van der Waals surface area contributed by atoms with Gasteiger partial charge in [-0.05, 0) is 31.0 Å². The summed E-state index contributed by atoms with van der Waals surface area (Å²) < 4.78 is 42.9. The Kier molecular flexibility index (Phi) is 5.35. The van der Waals surface area contributed by atoms with Gasteiger partial charge in [0.05, 0.1) is 5.56 Å². The minimum absolute atomic E-state index is 0.00958. The first kappa shape index (κ1) is 15.5. The van der Waals surface area contributed by atoms with Gasteiger partial charge in [0, 0.05) is 25.8 Å². The van der Waals surface area contributed by atoms with Crippen LogP contribution >= 0.6 is 0 Å². The molecule has 1 N–H and O–H groups in total. The third-order valence-corrected chi connectivity index (χ3v) is 2.62. The number of methoxy groups -OCH3 is 1. The molecule has 6 heteroatoms. The van der Waals surface area contributed by atoms with Gasteiger partial charge in [-0.2, -0.15) is 13.2 Å². The Balaban J connectivity index is 2.76. The first-order chi connectivity index (χ1) is 8.86. The minimum atomic E-state index is -4.45. The van der Waals surface area contributed by atoms with Crippen LogP contribution in [0.2, 0.25) is 0 Å². The van der Waals surface area contributed by atoms with Crippen LogP contribution in [0.5, 0.6) is 0 Å². The number of benzene rings is 1. The first-order valence-corrected chi connectivity index (χ1v) is 5.81. The molecule has 0 aromatic heterocycles. The smallest absolute Gasteiger partial charge is 0.385 e. The number of carbonyl (C=O) groups is 1. The summed E-state index contributed by atoms with van der Waals surface area (Å²) in [4.78, 5) is 11.7. The van der Waals surface area contributed by atoms with E-state index >= 15 is 0 Å². The van der Waals surface area contributed by atoms with Crippen molar-refractivity contribution in [1.29, 1.82) is 0 Å². The van der Waals surface area contributed by atoms with Crippen molar-refractivity contribution in [2.45, 2.75) is 19.5 Å². The molecule has 1 rings (SSSR count). The molecule has 1 aromatic carbocycles. The summed E-state index contributed by atoms with van der Waals surface area (Å²) >= 11 is 0. The standard InChI is InChI=1S/C13H16F3NO2/c1-9-4-5-10(8-11(9)13(14,15)16)12(18)17-6-3-7-19-2/h4-5,8H,3,6-7H2,1-2H3,(H,17,18). The highest BCUT2D eigenvalue weighted by molar-refractivity contribution is 5.94. The third-order valence-electron chi connectivity index (χ3n) is 2.62. The Morgan fingerprint density at radius 3 is 2.63 bits per heavy atom. The predicted molar refractivity (Wildman–Crippen MR) is 65.0 cm³/mol. The lowest BCUT2D eigenvalue weighted by atomic mass is 10.0. The summed E-state index contributed by atoms with van der Waals surface area (Å²) in [5, 5.41) is 2.55. The molecule has 106 valence electrons. The van der Waals surface area contributed by atoms with E-state index in [-0.39, 0.29) is 11.1 Å². The molecular weight excluding hydrogens is 259 g/mol. The number of nitrogens with one attached hydrogen (secondary N) is 1. The molecule has 1 amide bonds. The Morgan fingerprint density at radius 2 is 2.05 bits per heavy atom. The number of ether oxygens (including phenoxy) is 1. The summed E-state index contributed by atoms with van der Waals surface area (Å²) in [7, 11) is 1.54. The number of aryl methyl sites for hydroxylation is 1. The van der Waals surface area contributed by atoms with Crippen LogP contribution in [0.25, 0.3) is 0 Å². The normalized spacial score (nSPS) is 11.4. The summed E-state index contributed by atoms with van der Waals surface area (Å²) in [5.41, 5.74) is -0.671. The van der Waals surface area contributed by atoms with Crippen LogP contribution in [0, 0.1) is 6.92 Å². The average Bonchev–Trinajstić information content (AvgIpc) is 2.33. The second-order valence-corrected chi connectivity index (χ2v) is 4.13. The van der Waals surface area contributed by atoms with Crippen molar-refractivity contribution in [1.82, 2.24) is 5.32 Å². The maximum Gasteiger partial charge on any atom is 0.416 e. The van der Waals surface area contributed by atoms with Crippen LogP contribution < -0.4 is 5.32 Å². The summed E-state index contributed by atoms with van der Waals surface area (Å²) in [6.45, 7) is 2.22. The van der Waals surface area contributed by atoms with Gasteiger partial charge in [0.15, 0.2) is 0 Å². The lowest BCUT2D eigenvalue weighted by Crippen LogP contribution is -2.25. The number of hydrogen-bond acceptors (Lipinski definition) is 2. The van der Waals surface area contributed by atoms with Gasteiger partial charge in [0.1, 0.15) is 0 Å². The molecule has 0 bridgehead atoms. The van der Waals surface area contributed by atoms with Gasteiger partial charge in [-0.25, -0.2) is 0 Å². The first-order valence-electron chi connectivity index (χ1n) is 5.81. The van der Waals surface area contributed by atoms with E-state index in [1.54, 1.807) is 0 Å². The van der Waals surface area contributed by atoms with Gasteiger partial charge in [0.25, 0.3) is 5.91 Å². The quantitative estimate of drug-likeness (QED) is 0.839. The molecule has 0 aliphatic heterocycles. The van der Waals surface area contributed by atoms with Crippen LogP contribution in [0.15, 0.2) is 18.2 Å². The lowest BCUT2D eigenvalue weighted by Gasteiger charge is -2.12. The van der Waals surface area contributed by atoms with Crippen molar-refractivity contribution >= 4 is 5.91 Å². The largest absolute Gasteiger partial charge is 0.416 e. The molecule has 0 aliphatic carbocycles. The molecule has 3 nitrogen and oxygen atoms in total. The highest BCUT2D eigenvalue weighted by Gasteiger charge is 2.32. The highest BCUT2D eigenvalue weighted by Crippen LogP contribution is 2.32. The Morgan fingerprint density at radius 1 is 1.37 bits per heavy atom. The zero-order chi connectivity index (χ0) is 14.5. The summed E-state index contributed by atoms with van der Waals surface area (Å²) in [6.07, 6.45) is -3.84. The number of amides is 1. The molecule has 0 unspecified atom stereocenters. The Labute approximate surface area is 109 Å². The number of alkyl halides is 3. The van der Waals surface area contributed by atoms with Crippen molar-refractivity contribution in [3.05, 3.63) is 34.9 Å². The Bertz CT molecular complexity index is 444. The predicted octanol–water partition coefficient (Wildman–Crippen LogP) is 2.78. The van der Waals surface area contributed by atoms with Crippen molar-refractivity contribution in [2.75, 3.05) is 20.3 Å². The molecule has 19 heavy (non-hydrogen) atoms. The number of halogens is 3. The average molecular weight is 275 g/mol. The molecule has 0 saturated carbocycles. The van der Waals surface area contributed by atoms with E-state index in [1.807, 2.05) is 0 Å². The van der Waals surface area contributed by atoms with Crippen LogP contribution in [-0.2, 0) is 10.9 Å². The van der Waals surface area contributed by atoms with Gasteiger partial charge in [-0.15, -0.1) is 0 Å². The van der Waals surface area contributed by atoms with Crippen molar-refractivity contribution in [2.24, 2.45) is 0 Å². The van der Waals surface area contributed by atoms with Gasteiger partial charge >= 0.3 is 6.18 Å². The fourth-order valence-electron chi connectivity index (χ4n) is 1.59. The fourth-order valence-corrected chi connectivity index (χ4v) is 1.59. The van der Waals surface area contributed by atoms with Gasteiger partial charge in [-0.1, -0.05) is 6.07 Å². The summed E-state index contributed by atoms with van der Waals surface area (Å²) in [6, 6.07) is 3.56. The molecule has 1 aromatic rings. The van der Waals surface area contributed by atoms with Crippen LogP contribution in [0.1, 0.15) is 27.9 Å².